The van der Waals surface area contributed by atoms with Gasteiger partial charge in [-0.3, -0.25) is 4.79 Å². The van der Waals surface area contributed by atoms with Gasteiger partial charge in [-0.2, -0.15) is 0 Å². The van der Waals surface area contributed by atoms with Crippen LogP contribution in [0.2, 0.25) is 0 Å². The molecule has 0 bridgehead atoms. The molecule has 2 aromatic rings. The number of rotatable bonds is 4. The van der Waals surface area contributed by atoms with Gasteiger partial charge in [0.25, 0.3) is 5.91 Å². The van der Waals surface area contributed by atoms with Gasteiger partial charge in [0.05, 0.1) is 11.3 Å². The van der Waals surface area contributed by atoms with Crippen molar-refractivity contribution in [3.8, 4) is 0 Å². The number of anilines is 1. The quantitative estimate of drug-likeness (QED) is 0.694. The zero-order valence-electron chi connectivity index (χ0n) is 11.2. The molecule has 20 heavy (non-hydrogen) atoms. The largest absolute Gasteiger partial charge is 0.322 e. The highest BCUT2D eigenvalue weighted by atomic mass is 32.2. The Hall–Kier alpha value is -1.95. The fourth-order valence-corrected chi connectivity index (χ4v) is 2.08. The highest BCUT2D eigenvalue weighted by molar-refractivity contribution is 7.98. The van der Waals surface area contributed by atoms with Crippen molar-refractivity contribution < 1.29 is 9.18 Å². The SMILES string of the molecule is CCc1nc(SC)ncc1C(=O)Nc1cccc(F)c1. The molecule has 6 heteroatoms. The standard InChI is InChI=1S/C14H14FN3OS/c1-3-12-11(8-16-14(18-12)20-2)13(19)17-10-6-4-5-9(15)7-10/h4-8H,3H2,1-2H3,(H,17,19). The van der Waals surface area contributed by atoms with Crippen LogP contribution < -0.4 is 5.32 Å². The van der Waals surface area contributed by atoms with Crippen LogP contribution in [0.4, 0.5) is 10.1 Å². The van der Waals surface area contributed by atoms with Crippen molar-refractivity contribution in [2.45, 2.75) is 18.5 Å². The summed E-state index contributed by atoms with van der Waals surface area (Å²) in [4.78, 5) is 20.6. The minimum atomic E-state index is -0.396. The number of amides is 1. The van der Waals surface area contributed by atoms with E-state index in [4.69, 9.17) is 0 Å². The lowest BCUT2D eigenvalue weighted by Gasteiger charge is -2.09. The van der Waals surface area contributed by atoms with Crippen molar-refractivity contribution in [1.82, 2.24) is 9.97 Å². The third kappa shape index (κ3) is 3.33. The summed E-state index contributed by atoms with van der Waals surface area (Å²) in [5, 5.41) is 3.27. The van der Waals surface area contributed by atoms with Crippen LogP contribution in [0.25, 0.3) is 0 Å². The van der Waals surface area contributed by atoms with Crippen molar-refractivity contribution in [3.63, 3.8) is 0 Å². The normalized spacial score (nSPS) is 10.3. The van der Waals surface area contributed by atoms with E-state index in [9.17, 15) is 9.18 Å². The molecule has 1 heterocycles. The Bertz CT molecular complexity index is 634. The van der Waals surface area contributed by atoms with Crippen LogP contribution >= 0.6 is 11.8 Å². The maximum Gasteiger partial charge on any atom is 0.259 e. The second-order valence-electron chi connectivity index (χ2n) is 4.04. The van der Waals surface area contributed by atoms with E-state index in [0.717, 1.165) is 0 Å². The smallest absolute Gasteiger partial charge is 0.259 e. The first-order valence-electron chi connectivity index (χ1n) is 6.11. The van der Waals surface area contributed by atoms with E-state index in [1.165, 1.54) is 30.1 Å². The summed E-state index contributed by atoms with van der Waals surface area (Å²) in [6.45, 7) is 1.92. The van der Waals surface area contributed by atoms with E-state index in [1.807, 2.05) is 13.2 Å². The van der Waals surface area contributed by atoms with E-state index < -0.39 is 5.82 Å². The summed E-state index contributed by atoms with van der Waals surface area (Å²) < 4.78 is 13.1. The summed E-state index contributed by atoms with van der Waals surface area (Å²) in [5.41, 5.74) is 1.50. The maximum atomic E-state index is 13.1. The average molecular weight is 291 g/mol. The Morgan fingerprint density at radius 3 is 2.90 bits per heavy atom. The van der Waals surface area contributed by atoms with E-state index in [0.29, 0.717) is 28.5 Å². The lowest BCUT2D eigenvalue weighted by Crippen LogP contribution is -2.16. The first-order chi connectivity index (χ1) is 9.63. The van der Waals surface area contributed by atoms with Crippen molar-refractivity contribution in [3.05, 3.63) is 47.5 Å². The van der Waals surface area contributed by atoms with Crippen LogP contribution in [-0.4, -0.2) is 22.1 Å². The molecule has 0 saturated heterocycles. The molecule has 104 valence electrons. The van der Waals surface area contributed by atoms with Crippen LogP contribution in [-0.2, 0) is 6.42 Å². The Kier molecular flexibility index (Phi) is 4.68. The minimum absolute atomic E-state index is 0.333. The number of nitrogens with zero attached hydrogens (tertiary/aromatic N) is 2. The molecule has 0 aliphatic heterocycles. The predicted molar refractivity (Wildman–Crippen MR) is 77.5 cm³/mol. The number of aryl methyl sites for hydroxylation is 1. The second kappa shape index (κ2) is 6.47. The van der Waals surface area contributed by atoms with Crippen LogP contribution in [0, 0.1) is 5.82 Å². The van der Waals surface area contributed by atoms with Crippen molar-refractivity contribution in [1.29, 1.82) is 0 Å². The summed E-state index contributed by atoms with van der Waals surface area (Å²) in [5.74, 6) is -0.729. The molecule has 0 saturated carbocycles. The van der Waals surface area contributed by atoms with Crippen molar-refractivity contribution in [2.75, 3.05) is 11.6 Å². The minimum Gasteiger partial charge on any atom is -0.322 e. The van der Waals surface area contributed by atoms with Crippen molar-refractivity contribution >= 4 is 23.4 Å². The second-order valence-corrected chi connectivity index (χ2v) is 4.81. The highest BCUT2D eigenvalue weighted by Crippen LogP contribution is 2.15. The molecule has 4 nitrogen and oxygen atoms in total. The average Bonchev–Trinajstić information content (AvgIpc) is 2.46. The predicted octanol–water partition coefficient (Wildman–Crippen LogP) is 3.15. The Morgan fingerprint density at radius 2 is 2.25 bits per heavy atom. The number of hydrogen-bond acceptors (Lipinski definition) is 4. The lowest BCUT2D eigenvalue weighted by molar-refractivity contribution is 0.102. The Morgan fingerprint density at radius 1 is 1.45 bits per heavy atom. The van der Waals surface area contributed by atoms with Gasteiger partial charge in [-0.05, 0) is 30.9 Å². The molecule has 1 N–H and O–H groups in total. The van der Waals surface area contributed by atoms with Gasteiger partial charge in [0.15, 0.2) is 5.16 Å². The molecule has 0 fully saturated rings. The van der Waals surface area contributed by atoms with Gasteiger partial charge in [0.1, 0.15) is 5.82 Å². The summed E-state index contributed by atoms with van der Waals surface area (Å²) in [6.07, 6.45) is 4.01. The number of carbonyl (C=O) groups excluding carboxylic acids is 1. The Balaban J connectivity index is 2.25. The van der Waals surface area contributed by atoms with Gasteiger partial charge in [0.2, 0.25) is 0 Å². The topological polar surface area (TPSA) is 54.9 Å². The van der Waals surface area contributed by atoms with Gasteiger partial charge < -0.3 is 5.32 Å². The molecule has 0 radical (unpaired) electrons. The number of benzene rings is 1. The number of thioether (sulfide) groups is 1. The van der Waals surface area contributed by atoms with E-state index in [-0.39, 0.29) is 5.91 Å². The van der Waals surface area contributed by atoms with Crippen LogP contribution in [0.1, 0.15) is 23.0 Å². The van der Waals surface area contributed by atoms with Gasteiger partial charge in [-0.1, -0.05) is 24.8 Å². The number of halogens is 1. The van der Waals surface area contributed by atoms with Crippen LogP contribution in [0.3, 0.4) is 0 Å². The van der Waals surface area contributed by atoms with E-state index in [2.05, 4.69) is 15.3 Å². The summed E-state index contributed by atoms with van der Waals surface area (Å²) in [6, 6.07) is 5.76. The fraction of sp³-hybridized carbons (Fsp3) is 0.214. The summed E-state index contributed by atoms with van der Waals surface area (Å²) in [7, 11) is 0. The molecule has 0 spiro atoms. The van der Waals surface area contributed by atoms with Crippen LogP contribution in [0.15, 0.2) is 35.6 Å². The molecule has 0 unspecified atom stereocenters. The number of hydrogen-bond donors (Lipinski definition) is 1. The molecular weight excluding hydrogens is 277 g/mol. The van der Waals surface area contributed by atoms with E-state index >= 15 is 0 Å². The monoisotopic (exact) mass is 291 g/mol. The molecule has 1 aromatic carbocycles. The zero-order chi connectivity index (χ0) is 14.5. The fourth-order valence-electron chi connectivity index (χ4n) is 1.72. The third-order valence-electron chi connectivity index (χ3n) is 2.69. The Labute approximate surface area is 120 Å². The van der Waals surface area contributed by atoms with Gasteiger partial charge in [-0.15, -0.1) is 0 Å². The van der Waals surface area contributed by atoms with Gasteiger partial charge >= 0.3 is 0 Å². The van der Waals surface area contributed by atoms with E-state index in [1.54, 1.807) is 12.1 Å². The molecule has 2 rings (SSSR count). The first-order valence-corrected chi connectivity index (χ1v) is 7.33. The van der Waals surface area contributed by atoms with Crippen LogP contribution in [0.5, 0.6) is 0 Å². The highest BCUT2D eigenvalue weighted by Gasteiger charge is 2.13. The molecular formula is C14H14FN3OS. The third-order valence-corrected chi connectivity index (χ3v) is 3.25. The molecule has 1 aromatic heterocycles. The number of carbonyl (C=O) groups is 1. The molecule has 1 amide bonds. The first kappa shape index (κ1) is 14.5. The molecule has 0 aliphatic carbocycles. The van der Waals surface area contributed by atoms with Gasteiger partial charge in [0, 0.05) is 11.9 Å². The number of aromatic nitrogens is 2. The zero-order valence-corrected chi connectivity index (χ0v) is 12.0. The molecule has 0 aliphatic rings. The molecule has 0 atom stereocenters. The van der Waals surface area contributed by atoms with Crippen molar-refractivity contribution in [2.24, 2.45) is 0 Å². The maximum absolute atomic E-state index is 13.1. The lowest BCUT2D eigenvalue weighted by atomic mass is 10.1. The number of nitrogens with one attached hydrogen (secondary N) is 1. The van der Waals surface area contributed by atoms with Gasteiger partial charge in [-0.25, -0.2) is 14.4 Å². The summed E-state index contributed by atoms with van der Waals surface area (Å²) >= 11 is 1.42.